The third kappa shape index (κ3) is 2.80. The molecule has 0 aromatic rings. The van der Waals surface area contributed by atoms with Gasteiger partial charge in [0.2, 0.25) is 0 Å². The van der Waals surface area contributed by atoms with E-state index in [1.54, 1.807) is 0 Å². The van der Waals surface area contributed by atoms with Gasteiger partial charge in [0.25, 0.3) is 0 Å². The first kappa shape index (κ1) is 14.5. The lowest BCUT2D eigenvalue weighted by Gasteiger charge is -2.52. The van der Waals surface area contributed by atoms with Crippen LogP contribution in [0.5, 0.6) is 0 Å². The van der Waals surface area contributed by atoms with Crippen LogP contribution in [0.3, 0.4) is 0 Å². The number of carbonyl (C=O) groups excluding carboxylic acids is 1. The molecule has 1 saturated heterocycles. The number of ether oxygens (including phenoxy) is 1. The van der Waals surface area contributed by atoms with E-state index in [1.807, 2.05) is 27.7 Å². The van der Waals surface area contributed by atoms with Crippen LogP contribution in [0, 0.1) is 0 Å². The second-order valence-electron chi connectivity index (χ2n) is 5.88. The Morgan fingerprint density at radius 1 is 1.47 bits per heavy atom. The molecule has 0 aromatic carbocycles. The van der Waals surface area contributed by atoms with Crippen LogP contribution in [0.4, 0.5) is 0 Å². The van der Waals surface area contributed by atoms with E-state index in [4.69, 9.17) is 4.74 Å². The fourth-order valence-corrected chi connectivity index (χ4v) is 2.37. The Bertz CT molecular complexity index is 285. The molecule has 0 spiro atoms. The second-order valence-corrected chi connectivity index (χ2v) is 5.88. The maximum Gasteiger partial charge on any atom is 0.329 e. The largest absolute Gasteiger partial charge is 0.459 e. The highest BCUT2D eigenvalue weighted by molar-refractivity contribution is 5.82. The summed E-state index contributed by atoms with van der Waals surface area (Å²) in [6.07, 6.45) is 3.21. The van der Waals surface area contributed by atoms with Crippen molar-refractivity contribution >= 4 is 5.97 Å². The number of hydrogen-bond acceptors (Lipinski definition) is 4. The molecule has 0 aliphatic carbocycles. The SMILES string of the molecule is CCCC1C[C@](CC)(C(=O)OC(C)(C)C)N1O. The molecule has 0 amide bonds. The summed E-state index contributed by atoms with van der Waals surface area (Å²) < 4.78 is 5.39. The van der Waals surface area contributed by atoms with Crippen LogP contribution in [0.25, 0.3) is 0 Å². The molecule has 2 atom stereocenters. The highest BCUT2D eigenvalue weighted by Gasteiger charge is 2.57. The van der Waals surface area contributed by atoms with Crippen molar-refractivity contribution in [2.24, 2.45) is 0 Å². The lowest BCUT2D eigenvalue weighted by Crippen LogP contribution is -2.69. The average Bonchev–Trinajstić information content (AvgIpc) is 2.20. The molecular formula is C13H25NO3. The predicted molar refractivity (Wildman–Crippen MR) is 65.8 cm³/mol. The average molecular weight is 243 g/mol. The fraction of sp³-hybridized carbons (Fsp3) is 0.923. The zero-order chi connectivity index (χ0) is 13.3. The molecule has 0 radical (unpaired) electrons. The van der Waals surface area contributed by atoms with Gasteiger partial charge in [-0.15, -0.1) is 0 Å². The first-order valence-corrected chi connectivity index (χ1v) is 6.48. The van der Waals surface area contributed by atoms with Crippen LogP contribution in [0.2, 0.25) is 0 Å². The number of esters is 1. The van der Waals surface area contributed by atoms with Crippen LogP contribution in [0.15, 0.2) is 0 Å². The van der Waals surface area contributed by atoms with Gasteiger partial charge in [0.15, 0.2) is 0 Å². The van der Waals surface area contributed by atoms with Crippen LogP contribution in [-0.4, -0.2) is 33.4 Å². The van der Waals surface area contributed by atoms with E-state index in [1.165, 1.54) is 5.06 Å². The van der Waals surface area contributed by atoms with E-state index >= 15 is 0 Å². The summed E-state index contributed by atoms with van der Waals surface area (Å²) in [6, 6.07) is 0.104. The summed E-state index contributed by atoms with van der Waals surface area (Å²) in [7, 11) is 0. The monoisotopic (exact) mass is 243 g/mol. The van der Waals surface area contributed by atoms with Crippen molar-refractivity contribution in [3.05, 3.63) is 0 Å². The number of carbonyl (C=O) groups is 1. The summed E-state index contributed by atoms with van der Waals surface area (Å²) in [5.74, 6) is -0.303. The van der Waals surface area contributed by atoms with Gasteiger partial charge in [-0.05, 0) is 40.0 Å². The zero-order valence-electron chi connectivity index (χ0n) is 11.6. The first-order chi connectivity index (χ1) is 7.77. The predicted octanol–water partition coefficient (Wildman–Crippen LogP) is 2.74. The van der Waals surface area contributed by atoms with Crippen molar-refractivity contribution in [2.75, 3.05) is 0 Å². The van der Waals surface area contributed by atoms with Crippen LogP contribution in [-0.2, 0) is 9.53 Å². The molecule has 1 fully saturated rings. The van der Waals surface area contributed by atoms with E-state index in [0.29, 0.717) is 12.8 Å². The molecule has 1 aliphatic rings. The topological polar surface area (TPSA) is 49.8 Å². The Balaban J connectivity index is 2.69. The molecule has 1 aliphatic heterocycles. The maximum atomic E-state index is 12.1. The van der Waals surface area contributed by atoms with Crippen molar-refractivity contribution in [2.45, 2.75) is 77.5 Å². The normalized spacial score (nSPS) is 29.9. The minimum absolute atomic E-state index is 0.104. The summed E-state index contributed by atoms with van der Waals surface area (Å²) in [4.78, 5) is 12.1. The third-order valence-corrected chi connectivity index (χ3v) is 3.34. The van der Waals surface area contributed by atoms with Crippen molar-refractivity contribution in [3.63, 3.8) is 0 Å². The highest BCUT2D eigenvalue weighted by atomic mass is 16.6. The number of hydrogen-bond donors (Lipinski definition) is 1. The molecule has 1 rings (SSSR count). The van der Waals surface area contributed by atoms with Crippen molar-refractivity contribution in [1.29, 1.82) is 0 Å². The Kier molecular flexibility index (Phi) is 4.20. The van der Waals surface area contributed by atoms with Gasteiger partial charge in [0, 0.05) is 6.04 Å². The van der Waals surface area contributed by atoms with Crippen LogP contribution < -0.4 is 0 Å². The summed E-state index contributed by atoms with van der Waals surface area (Å²) in [6.45, 7) is 9.52. The maximum absolute atomic E-state index is 12.1. The Morgan fingerprint density at radius 2 is 2.06 bits per heavy atom. The molecule has 0 saturated carbocycles. The van der Waals surface area contributed by atoms with Gasteiger partial charge in [-0.2, -0.15) is 5.06 Å². The van der Waals surface area contributed by atoms with Gasteiger partial charge >= 0.3 is 5.97 Å². The molecule has 17 heavy (non-hydrogen) atoms. The Morgan fingerprint density at radius 3 is 2.41 bits per heavy atom. The van der Waals surface area contributed by atoms with E-state index < -0.39 is 11.1 Å². The molecule has 100 valence electrons. The summed E-state index contributed by atoms with van der Waals surface area (Å²) in [5, 5.41) is 11.3. The van der Waals surface area contributed by atoms with Crippen LogP contribution in [0.1, 0.15) is 60.3 Å². The molecule has 1 heterocycles. The lowest BCUT2D eigenvalue weighted by atomic mass is 9.77. The van der Waals surface area contributed by atoms with Gasteiger partial charge in [-0.3, -0.25) is 0 Å². The van der Waals surface area contributed by atoms with Crippen molar-refractivity contribution in [3.8, 4) is 0 Å². The second kappa shape index (κ2) is 4.94. The van der Waals surface area contributed by atoms with Gasteiger partial charge in [-0.1, -0.05) is 20.3 Å². The standard InChI is InChI=1S/C13H25NO3/c1-6-8-10-9-13(7-2,14(10)16)11(15)17-12(3,4)5/h10,16H,6-9H2,1-5H3/t10?,13-/m1/s1. The number of hydroxylamine groups is 2. The van der Waals surface area contributed by atoms with Gasteiger partial charge < -0.3 is 9.94 Å². The number of rotatable bonds is 4. The fourth-order valence-electron chi connectivity index (χ4n) is 2.37. The molecule has 4 heteroatoms. The van der Waals surface area contributed by atoms with Crippen molar-refractivity contribution in [1.82, 2.24) is 5.06 Å². The summed E-state index contributed by atoms with van der Waals surface area (Å²) >= 11 is 0. The van der Waals surface area contributed by atoms with Gasteiger partial charge in [0.05, 0.1) is 0 Å². The smallest absolute Gasteiger partial charge is 0.329 e. The zero-order valence-corrected chi connectivity index (χ0v) is 11.6. The Hall–Kier alpha value is -0.610. The van der Waals surface area contributed by atoms with E-state index in [9.17, 15) is 10.0 Å². The molecule has 1 N–H and O–H groups in total. The van der Waals surface area contributed by atoms with E-state index in [2.05, 4.69) is 6.92 Å². The van der Waals surface area contributed by atoms with Gasteiger partial charge in [0.1, 0.15) is 11.1 Å². The first-order valence-electron chi connectivity index (χ1n) is 6.48. The number of nitrogens with zero attached hydrogens (tertiary/aromatic N) is 1. The minimum Gasteiger partial charge on any atom is -0.459 e. The minimum atomic E-state index is -0.812. The molecule has 4 nitrogen and oxygen atoms in total. The highest BCUT2D eigenvalue weighted by Crippen LogP contribution is 2.41. The van der Waals surface area contributed by atoms with Crippen molar-refractivity contribution < 1.29 is 14.7 Å². The molecule has 1 unspecified atom stereocenters. The van der Waals surface area contributed by atoms with Gasteiger partial charge in [-0.25, -0.2) is 4.79 Å². The Labute approximate surface area is 104 Å². The molecule has 0 bridgehead atoms. The summed E-state index contributed by atoms with van der Waals surface area (Å²) in [5.41, 5.74) is -1.32. The van der Waals surface area contributed by atoms with Crippen LogP contribution >= 0.6 is 0 Å². The molecular weight excluding hydrogens is 218 g/mol. The third-order valence-electron chi connectivity index (χ3n) is 3.34. The van der Waals surface area contributed by atoms with E-state index in [-0.39, 0.29) is 12.0 Å². The quantitative estimate of drug-likeness (QED) is 0.771. The molecule has 0 aromatic heterocycles. The van der Waals surface area contributed by atoms with E-state index in [0.717, 1.165) is 12.8 Å². The lowest BCUT2D eigenvalue weighted by molar-refractivity contribution is -0.280.